The molecule has 1 aromatic heterocycles. The average Bonchev–Trinajstić information content (AvgIpc) is 2.87. The molecule has 18 heavy (non-hydrogen) atoms. The molecule has 0 aliphatic heterocycles. The summed E-state index contributed by atoms with van der Waals surface area (Å²) in [5, 5.41) is 8.75. The lowest BCUT2D eigenvalue weighted by molar-refractivity contribution is 0.380. The lowest BCUT2D eigenvalue weighted by Gasteiger charge is -2.01. The first-order valence-electron chi connectivity index (χ1n) is 5.48. The van der Waals surface area contributed by atoms with Crippen molar-refractivity contribution in [3.05, 3.63) is 53.3 Å². The number of aromatic nitrogens is 2. The molecule has 5 heteroatoms. The highest BCUT2D eigenvalue weighted by Gasteiger charge is 2.11. The lowest BCUT2D eigenvalue weighted by Crippen LogP contribution is -1.84. The van der Waals surface area contributed by atoms with Gasteiger partial charge in [0.1, 0.15) is 0 Å². The van der Waals surface area contributed by atoms with Crippen LogP contribution in [0.3, 0.4) is 0 Å². The van der Waals surface area contributed by atoms with Crippen LogP contribution in [0.5, 0.6) is 0 Å². The summed E-state index contributed by atoms with van der Waals surface area (Å²) in [5.74, 6) is 0.707. The summed E-state index contributed by atoms with van der Waals surface area (Å²) in [6.07, 6.45) is 0. The fraction of sp³-hybridized carbons (Fsp3) is 0.0769. The summed E-state index contributed by atoms with van der Waals surface area (Å²) in [5.41, 5.74) is 0.883. The molecule has 0 bridgehead atoms. The molecule has 88 valence electrons. The first kappa shape index (κ1) is 10.6. The highest BCUT2D eigenvalue weighted by Crippen LogP contribution is 2.26. The molecular weight excluding hydrogens is 230 g/mol. The van der Waals surface area contributed by atoms with Crippen molar-refractivity contribution in [1.82, 2.24) is 10.1 Å². The molecular formula is C13H9N3O2. The van der Waals surface area contributed by atoms with Gasteiger partial charge in [-0.05, 0) is 10.8 Å². The molecule has 3 aromatic rings. The molecule has 0 amide bonds. The van der Waals surface area contributed by atoms with E-state index in [-0.39, 0.29) is 12.4 Å². The zero-order valence-electron chi connectivity index (χ0n) is 9.41. The van der Waals surface area contributed by atoms with Gasteiger partial charge in [-0.15, -0.1) is 0 Å². The number of rotatable bonds is 3. The Kier molecular flexibility index (Phi) is 2.57. The summed E-state index contributed by atoms with van der Waals surface area (Å²) >= 11 is 0. The largest absolute Gasteiger partial charge is 0.337 e. The Morgan fingerprint density at radius 2 is 1.94 bits per heavy atom. The van der Waals surface area contributed by atoms with Crippen molar-refractivity contribution in [3.63, 3.8) is 0 Å². The van der Waals surface area contributed by atoms with E-state index in [1.54, 1.807) is 0 Å². The average molecular weight is 239 g/mol. The maximum absolute atomic E-state index is 10.2. The van der Waals surface area contributed by atoms with Gasteiger partial charge in [-0.25, -0.2) is 0 Å². The first-order valence-corrected chi connectivity index (χ1v) is 5.48. The first-order chi connectivity index (χ1) is 8.88. The summed E-state index contributed by atoms with van der Waals surface area (Å²) < 4.78 is 4.95. The minimum absolute atomic E-state index is 0.0994. The van der Waals surface area contributed by atoms with Crippen molar-refractivity contribution < 1.29 is 4.52 Å². The zero-order valence-corrected chi connectivity index (χ0v) is 9.41. The smallest absolute Gasteiger partial charge is 0.252 e. The number of fused-ring (bicyclic) bond motifs is 1. The van der Waals surface area contributed by atoms with E-state index in [1.807, 2.05) is 42.5 Å². The Morgan fingerprint density at radius 1 is 1.11 bits per heavy atom. The van der Waals surface area contributed by atoms with Crippen LogP contribution in [0, 0.1) is 4.91 Å². The summed E-state index contributed by atoms with van der Waals surface area (Å²) in [6.45, 7) is -0.0994. The van der Waals surface area contributed by atoms with Crippen molar-refractivity contribution in [3.8, 4) is 11.4 Å². The molecule has 0 saturated carbocycles. The molecule has 0 saturated heterocycles. The van der Waals surface area contributed by atoms with Crippen LogP contribution >= 0.6 is 0 Å². The van der Waals surface area contributed by atoms with Gasteiger partial charge in [0.15, 0.2) is 6.54 Å². The van der Waals surface area contributed by atoms with E-state index in [1.165, 1.54) is 0 Å². The van der Waals surface area contributed by atoms with Crippen LogP contribution in [0.25, 0.3) is 22.2 Å². The number of nitroso groups, excluding NO2 is 1. The lowest BCUT2D eigenvalue weighted by atomic mass is 10.0. The van der Waals surface area contributed by atoms with Crippen molar-refractivity contribution in [1.29, 1.82) is 0 Å². The third-order valence-corrected chi connectivity index (χ3v) is 2.70. The monoisotopic (exact) mass is 239 g/mol. The molecule has 3 rings (SSSR count). The Labute approximate surface area is 102 Å². The fourth-order valence-corrected chi connectivity index (χ4v) is 1.90. The van der Waals surface area contributed by atoms with Crippen molar-refractivity contribution in [2.24, 2.45) is 5.18 Å². The van der Waals surface area contributed by atoms with Crippen molar-refractivity contribution >= 4 is 10.8 Å². The van der Waals surface area contributed by atoms with Crippen LogP contribution in [-0.4, -0.2) is 10.1 Å². The highest BCUT2D eigenvalue weighted by molar-refractivity contribution is 5.94. The second kappa shape index (κ2) is 4.37. The molecule has 0 fully saturated rings. The minimum Gasteiger partial charge on any atom is -0.337 e. The predicted molar refractivity (Wildman–Crippen MR) is 66.7 cm³/mol. The van der Waals surface area contributed by atoms with E-state index in [9.17, 15) is 4.91 Å². The van der Waals surface area contributed by atoms with Crippen LogP contribution < -0.4 is 0 Å². The normalized spacial score (nSPS) is 10.7. The third-order valence-electron chi connectivity index (χ3n) is 2.70. The van der Waals surface area contributed by atoms with E-state index in [2.05, 4.69) is 15.3 Å². The SMILES string of the molecule is O=NCc1nc(-c2cccc3ccccc23)no1. The standard InChI is InChI=1S/C13H9N3O2/c17-14-8-12-15-13(16-18-12)11-7-3-5-9-4-1-2-6-10(9)11/h1-7H,8H2. The van der Waals surface area contributed by atoms with Gasteiger partial charge in [0.05, 0.1) is 0 Å². The molecule has 0 aliphatic rings. The molecule has 0 N–H and O–H groups in total. The number of nitrogens with zero attached hydrogens (tertiary/aromatic N) is 3. The van der Waals surface area contributed by atoms with Crippen LogP contribution in [0.1, 0.15) is 5.89 Å². The minimum atomic E-state index is -0.0994. The quantitative estimate of drug-likeness (QED) is 0.658. The highest BCUT2D eigenvalue weighted by atomic mass is 16.5. The second-order valence-corrected chi connectivity index (χ2v) is 3.83. The molecule has 0 spiro atoms. The van der Waals surface area contributed by atoms with Gasteiger partial charge in [0, 0.05) is 5.56 Å². The Balaban J connectivity index is 2.15. The van der Waals surface area contributed by atoms with Gasteiger partial charge in [-0.1, -0.05) is 52.8 Å². The molecule has 0 unspecified atom stereocenters. The van der Waals surface area contributed by atoms with Gasteiger partial charge in [0.2, 0.25) is 5.82 Å². The maximum Gasteiger partial charge on any atom is 0.252 e. The number of hydrogen-bond donors (Lipinski definition) is 0. The van der Waals surface area contributed by atoms with E-state index < -0.39 is 0 Å². The molecule has 5 nitrogen and oxygen atoms in total. The topological polar surface area (TPSA) is 68.3 Å². The van der Waals surface area contributed by atoms with Crippen LogP contribution in [0.2, 0.25) is 0 Å². The Bertz CT molecular complexity index is 701. The van der Waals surface area contributed by atoms with Crippen LogP contribution in [-0.2, 0) is 6.54 Å². The Morgan fingerprint density at radius 3 is 2.83 bits per heavy atom. The zero-order chi connectivity index (χ0) is 12.4. The van der Waals surface area contributed by atoms with E-state index in [0.717, 1.165) is 16.3 Å². The summed E-state index contributed by atoms with van der Waals surface area (Å²) in [4.78, 5) is 14.3. The fourth-order valence-electron chi connectivity index (χ4n) is 1.90. The number of hydrogen-bond acceptors (Lipinski definition) is 5. The number of benzene rings is 2. The predicted octanol–water partition coefficient (Wildman–Crippen LogP) is 3.16. The molecule has 0 radical (unpaired) electrons. The van der Waals surface area contributed by atoms with E-state index in [4.69, 9.17) is 4.52 Å². The molecule has 1 heterocycles. The summed E-state index contributed by atoms with van der Waals surface area (Å²) in [6, 6.07) is 13.8. The second-order valence-electron chi connectivity index (χ2n) is 3.83. The van der Waals surface area contributed by atoms with Crippen LogP contribution in [0.15, 0.2) is 52.2 Å². The molecule has 0 atom stereocenters. The van der Waals surface area contributed by atoms with Gasteiger partial charge in [0.25, 0.3) is 5.89 Å². The van der Waals surface area contributed by atoms with Gasteiger partial charge in [-0.3, -0.25) is 0 Å². The van der Waals surface area contributed by atoms with E-state index >= 15 is 0 Å². The van der Waals surface area contributed by atoms with Crippen LogP contribution in [0.4, 0.5) is 0 Å². The molecule has 2 aromatic carbocycles. The third kappa shape index (κ3) is 1.75. The maximum atomic E-state index is 10.2. The van der Waals surface area contributed by atoms with Crippen molar-refractivity contribution in [2.75, 3.05) is 0 Å². The Hall–Kier alpha value is -2.56. The van der Waals surface area contributed by atoms with Gasteiger partial charge >= 0.3 is 0 Å². The van der Waals surface area contributed by atoms with Gasteiger partial charge in [-0.2, -0.15) is 9.89 Å². The van der Waals surface area contributed by atoms with E-state index in [0.29, 0.717) is 5.82 Å². The van der Waals surface area contributed by atoms with Gasteiger partial charge < -0.3 is 4.52 Å². The van der Waals surface area contributed by atoms with Crippen molar-refractivity contribution in [2.45, 2.75) is 6.54 Å². The summed E-state index contributed by atoms with van der Waals surface area (Å²) in [7, 11) is 0. The molecule has 0 aliphatic carbocycles.